The summed E-state index contributed by atoms with van der Waals surface area (Å²) in [6.45, 7) is 10.1. The van der Waals surface area contributed by atoms with Gasteiger partial charge in [0, 0.05) is 3.57 Å². The van der Waals surface area contributed by atoms with Crippen LogP contribution in [0.15, 0.2) is 29.2 Å². The van der Waals surface area contributed by atoms with Gasteiger partial charge in [-0.15, -0.1) is 0 Å². The molecule has 0 aliphatic heterocycles. The van der Waals surface area contributed by atoms with Gasteiger partial charge in [-0.3, -0.25) is 0 Å². The minimum Gasteiger partial charge on any atom is -0.304 e. The number of hydrogen-bond donors (Lipinski definition) is 1. The Morgan fingerprint density at radius 1 is 1.05 bits per heavy atom. The summed E-state index contributed by atoms with van der Waals surface area (Å²) in [5.41, 5.74) is 0. The van der Waals surface area contributed by atoms with E-state index in [1.165, 1.54) is 26.7 Å². The van der Waals surface area contributed by atoms with Crippen LogP contribution in [-0.2, 0) is 10.0 Å². The molecule has 0 saturated carbocycles. The maximum absolute atomic E-state index is 11.2. The highest BCUT2D eigenvalue weighted by Gasteiger charge is 2.09. The van der Waals surface area contributed by atoms with Crippen LogP contribution in [0.2, 0.25) is 0 Å². The van der Waals surface area contributed by atoms with Crippen LogP contribution in [0.5, 0.6) is 0 Å². The fourth-order valence-electron chi connectivity index (χ4n) is 1.40. The van der Waals surface area contributed by atoms with Gasteiger partial charge in [0.2, 0.25) is 10.0 Å². The van der Waals surface area contributed by atoms with Gasteiger partial charge in [-0.05, 0) is 73.5 Å². The minimum absolute atomic E-state index is 0.297. The molecule has 0 bridgehead atoms. The summed E-state index contributed by atoms with van der Waals surface area (Å²) < 4.78 is 25.7. The van der Waals surface area contributed by atoms with E-state index >= 15 is 0 Å². The van der Waals surface area contributed by atoms with Gasteiger partial charge in [0.1, 0.15) is 0 Å². The lowest BCUT2D eigenvalue weighted by Crippen LogP contribution is -2.21. The van der Waals surface area contributed by atoms with Crippen molar-refractivity contribution in [1.29, 1.82) is 0 Å². The number of nitrogens with one attached hydrogen (secondary N) is 1. The van der Waals surface area contributed by atoms with E-state index in [9.17, 15) is 8.42 Å². The molecule has 19 heavy (non-hydrogen) atoms. The molecule has 6 heteroatoms. The van der Waals surface area contributed by atoms with Crippen molar-refractivity contribution in [2.24, 2.45) is 0 Å². The van der Waals surface area contributed by atoms with Crippen molar-refractivity contribution in [3.63, 3.8) is 0 Å². The fraction of sp³-hybridized carbons (Fsp3) is 0.538. The summed E-state index contributed by atoms with van der Waals surface area (Å²) in [5, 5.41) is 0. The molecule has 0 aliphatic rings. The first kappa shape index (κ1) is 18.8. The lowest BCUT2D eigenvalue weighted by Gasteiger charge is -2.13. The SMILES string of the molecule is CCN(CC)CC.CNS(=O)(=O)c1ccc(I)cc1. The molecule has 0 amide bonds. The standard InChI is InChI=1S/C7H8INO2S.C6H15N/c1-9-12(10,11)7-4-2-6(8)3-5-7;1-4-7(5-2)6-3/h2-5,9H,1H3;4-6H2,1-3H3. The van der Waals surface area contributed by atoms with Crippen LogP contribution in [0.25, 0.3) is 0 Å². The summed E-state index contributed by atoms with van der Waals surface area (Å²) in [6.07, 6.45) is 0. The number of rotatable bonds is 5. The third kappa shape index (κ3) is 7.24. The Morgan fingerprint density at radius 2 is 1.47 bits per heavy atom. The maximum atomic E-state index is 11.2. The highest BCUT2D eigenvalue weighted by Crippen LogP contribution is 2.10. The first-order valence-electron chi connectivity index (χ1n) is 6.32. The van der Waals surface area contributed by atoms with E-state index < -0.39 is 10.0 Å². The summed E-state index contributed by atoms with van der Waals surface area (Å²) in [5.74, 6) is 0. The Hall–Kier alpha value is -0.180. The Morgan fingerprint density at radius 3 is 1.74 bits per heavy atom. The summed E-state index contributed by atoms with van der Waals surface area (Å²) in [7, 11) is -1.87. The largest absolute Gasteiger partial charge is 0.304 e. The summed E-state index contributed by atoms with van der Waals surface area (Å²) >= 11 is 2.12. The molecule has 1 N–H and O–H groups in total. The van der Waals surface area contributed by atoms with Crippen LogP contribution in [0.4, 0.5) is 0 Å². The number of benzene rings is 1. The van der Waals surface area contributed by atoms with E-state index in [0.29, 0.717) is 4.90 Å². The van der Waals surface area contributed by atoms with E-state index in [0.717, 1.165) is 3.57 Å². The van der Waals surface area contributed by atoms with Gasteiger partial charge < -0.3 is 4.90 Å². The van der Waals surface area contributed by atoms with Crippen LogP contribution < -0.4 is 4.72 Å². The summed E-state index contributed by atoms with van der Waals surface area (Å²) in [6, 6.07) is 6.66. The lowest BCUT2D eigenvalue weighted by atomic mass is 10.4. The second-order valence-corrected chi connectivity index (χ2v) is 6.91. The molecule has 0 unspecified atom stereocenters. The molecule has 0 spiro atoms. The zero-order valence-corrected chi connectivity index (χ0v) is 15.0. The number of halogens is 1. The molecule has 1 rings (SSSR count). The van der Waals surface area contributed by atoms with Gasteiger partial charge in [0.25, 0.3) is 0 Å². The van der Waals surface area contributed by atoms with Crippen molar-refractivity contribution < 1.29 is 8.42 Å². The van der Waals surface area contributed by atoms with E-state index in [1.54, 1.807) is 24.3 Å². The molecule has 0 aliphatic carbocycles. The number of sulfonamides is 1. The molecule has 0 heterocycles. The van der Waals surface area contributed by atoms with Gasteiger partial charge in [-0.25, -0.2) is 13.1 Å². The molecule has 0 radical (unpaired) electrons. The molecule has 4 nitrogen and oxygen atoms in total. The van der Waals surface area contributed by atoms with Crippen molar-refractivity contribution in [3.05, 3.63) is 27.8 Å². The molecular formula is C13H23IN2O2S. The molecule has 1 aromatic rings. The van der Waals surface area contributed by atoms with Gasteiger partial charge in [-0.1, -0.05) is 20.8 Å². The average molecular weight is 398 g/mol. The van der Waals surface area contributed by atoms with Crippen molar-refractivity contribution >= 4 is 32.6 Å². The predicted molar refractivity (Wildman–Crippen MR) is 88.9 cm³/mol. The fourth-order valence-corrected chi connectivity index (χ4v) is 2.49. The topological polar surface area (TPSA) is 49.4 Å². The van der Waals surface area contributed by atoms with Gasteiger partial charge in [0.15, 0.2) is 0 Å². The molecule has 0 atom stereocenters. The molecule has 1 aromatic carbocycles. The first-order valence-corrected chi connectivity index (χ1v) is 8.88. The second-order valence-electron chi connectivity index (χ2n) is 3.78. The Balaban J connectivity index is 0.000000399. The van der Waals surface area contributed by atoms with E-state index in [1.807, 2.05) is 0 Å². The van der Waals surface area contributed by atoms with E-state index in [4.69, 9.17) is 0 Å². The van der Waals surface area contributed by atoms with Crippen molar-refractivity contribution in [2.75, 3.05) is 26.7 Å². The first-order chi connectivity index (χ1) is 8.91. The normalized spacial score (nSPS) is 11.1. The zero-order chi connectivity index (χ0) is 14.9. The highest BCUT2D eigenvalue weighted by molar-refractivity contribution is 14.1. The van der Waals surface area contributed by atoms with Gasteiger partial charge in [-0.2, -0.15) is 0 Å². The third-order valence-electron chi connectivity index (χ3n) is 2.73. The van der Waals surface area contributed by atoms with Crippen LogP contribution >= 0.6 is 22.6 Å². The van der Waals surface area contributed by atoms with Crippen molar-refractivity contribution in [2.45, 2.75) is 25.7 Å². The monoisotopic (exact) mass is 398 g/mol. The smallest absolute Gasteiger partial charge is 0.240 e. The van der Waals surface area contributed by atoms with Gasteiger partial charge in [0.05, 0.1) is 4.90 Å². The third-order valence-corrected chi connectivity index (χ3v) is 4.88. The second kappa shape index (κ2) is 9.68. The van der Waals surface area contributed by atoms with Crippen molar-refractivity contribution in [1.82, 2.24) is 9.62 Å². The zero-order valence-electron chi connectivity index (χ0n) is 12.0. The van der Waals surface area contributed by atoms with E-state index in [-0.39, 0.29) is 0 Å². The van der Waals surface area contributed by atoms with Crippen LogP contribution in [0, 0.1) is 3.57 Å². The van der Waals surface area contributed by atoms with E-state index in [2.05, 4.69) is 53.0 Å². The van der Waals surface area contributed by atoms with Crippen LogP contribution in [-0.4, -0.2) is 40.0 Å². The quantitative estimate of drug-likeness (QED) is 0.776. The molecular weight excluding hydrogens is 375 g/mol. The minimum atomic E-state index is -3.27. The summed E-state index contributed by atoms with van der Waals surface area (Å²) in [4.78, 5) is 2.67. The average Bonchev–Trinajstić information content (AvgIpc) is 2.42. The molecule has 0 saturated heterocycles. The predicted octanol–water partition coefficient (Wildman–Crippen LogP) is 2.55. The maximum Gasteiger partial charge on any atom is 0.240 e. The Labute approximate surface area is 130 Å². The molecule has 110 valence electrons. The lowest BCUT2D eigenvalue weighted by molar-refractivity contribution is 0.321. The van der Waals surface area contributed by atoms with Gasteiger partial charge >= 0.3 is 0 Å². The Kier molecular flexibility index (Phi) is 9.59. The number of nitrogens with zero attached hydrogens (tertiary/aromatic N) is 1. The van der Waals surface area contributed by atoms with Crippen molar-refractivity contribution in [3.8, 4) is 0 Å². The Bertz CT molecular complexity index is 437. The molecule has 0 fully saturated rings. The van der Waals surface area contributed by atoms with Crippen LogP contribution in [0.1, 0.15) is 20.8 Å². The molecule has 0 aromatic heterocycles. The number of hydrogen-bond acceptors (Lipinski definition) is 3. The highest BCUT2D eigenvalue weighted by atomic mass is 127. The van der Waals surface area contributed by atoms with Crippen LogP contribution in [0.3, 0.4) is 0 Å².